The largest absolute Gasteiger partial charge is 0.462 e. The van der Waals surface area contributed by atoms with E-state index in [1.54, 1.807) is 0 Å². The molecule has 0 aliphatic carbocycles. The summed E-state index contributed by atoms with van der Waals surface area (Å²) >= 11 is 0. The molecule has 0 aromatic rings. The standard InChI is InChI=1S/C37H72O3/c1-4-7-10-13-16-19-22-27-32-36(33-28-23-20-17-14-11-8-5-2)40-37(39)34-29-24-26-31-35(38)30-25-21-18-15-12-9-6-3/h36H,4-34H2,1-3H3. The third kappa shape index (κ3) is 30.1. The lowest BCUT2D eigenvalue weighted by molar-refractivity contribution is -0.150. The fraction of sp³-hybridized carbons (Fsp3) is 0.946. The predicted molar refractivity (Wildman–Crippen MR) is 175 cm³/mol. The fourth-order valence-corrected chi connectivity index (χ4v) is 5.69. The average molecular weight is 565 g/mol. The Hall–Kier alpha value is -0.860. The lowest BCUT2D eigenvalue weighted by Gasteiger charge is -2.18. The Labute approximate surface area is 251 Å². The minimum absolute atomic E-state index is 0.0152. The van der Waals surface area contributed by atoms with Crippen LogP contribution in [0.4, 0.5) is 0 Å². The van der Waals surface area contributed by atoms with Crippen molar-refractivity contribution in [3.8, 4) is 0 Å². The van der Waals surface area contributed by atoms with Crippen molar-refractivity contribution >= 4 is 11.8 Å². The number of unbranched alkanes of at least 4 members (excludes halogenated alkanes) is 22. The van der Waals surface area contributed by atoms with Crippen LogP contribution in [0.5, 0.6) is 0 Å². The summed E-state index contributed by atoms with van der Waals surface area (Å²) in [4.78, 5) is 24.8. The van der Waals surface area contributed by atoms with Crippen molar-refractivity contribution in [2.24, 2.45) is 0 Å². The van der Waals surface area contributed by atoms with Crippen LogP contribution in [0.25, 0.3) is 0 Å². The Kier molecular flexibility index (Phi) is 31.9. The van der Waals surface area contributed by atoms with Crippen LogP contribution in [-0.4, -0.2) is 17.9 Å². The molecule has 0 N–H and O–H groups in total. The van der Waals surface area contributed by atoms with Gasteiger partial charge in [0.1, 0.15) is 11.9 Å². The van der Waals surface area contributed by atoms with Gasteiger partial charge in [0, 0.05) is 19.3 Å². The quantitative estimate of drug-likeness (QED) is 0.0588. The van der Waals surface area contributed by atoms with Gasteiger partial charge in [0.15, 0.2) is 0 Å². The lowest BCUT2D eigenvalue weighted by atomic mass is 10.0. The summed E-state index contributed by atoms with van der Waals surface area (Å²) in [6, 6.07) is 0. The summed E-state index contributed by atoms with van der Waals surface area (Å²) in [5.41, 5.74) is 0. The van der Waals surface area contributed by atoms with E-state index in [1.165, 1.54) is 141 Å². The van der Waals surface area contributed by atoms with Crippen molar-refractivity contribution < 1.29 is 14.3 Å². The molecule has 0 spiro atoms. The van der Waals surface area contributed by atoms with Crippen molar-refractivity contribution in [3.63, 3.8) is 0 Å². The number of Topliss-reactive ketones (excluding diaryl/α,β-unsaturated/α-hetero) is 1. The summed E-state index contributed by atoms with van der Waals surface area (Å²) in [6.07, 6.45) is 36.7. The number of carbonyl (C=O) groups excluding carboxylic acids is 2. The van der Waals surface area contributed by atoms with E-state index in [4.69, 9.17) is 4.74 Å². The Balaban J connectivity index is 4.05. The third-order valence-corrected chi connectivity index (χ3v) is 8.45. The van der Waals surface area contributed by atoms with Gasteiger partial charge in [-0.2, -0.15) is 0 Å². The van der Waals surface area contributed by atoms with Gasteiger partial charge in [-0.15, -0.1) is 0 Å². The number of hydrogen-bond acceptors (Lipinski definition) is 3. The number of hydrogen-bond donors (Lipinski definition) is 0. The molecule has 3 nitrogen and oxygen atoms in total. The minimum atomic E-state index is -0.0152. The second-order valence-electron chi connectivity index (χ2n) is 12.6. The van der Waals surface area contributed by atoms with E-state index in [9.17, 15) is 9.59 Å². The molecular formula is C37H72O3. The minimum Gasteiger partial charge on any atom is -0.462 e. The Morgan fingerprint density at radius 3 is 1.10 bits per heavy atom. The molecule has 0 unspecified atom stereocenters. The van der Waals surface area contributed by atoms with Gasteiger partial charge in [-0.3, -0.25) is 9.59 Å². The first-order chi connectivity index (χ1) is 19.6. The van der Waals surface area contributed by atoms with Gasteiger partial charge in [-0.05, 0) is 44.9 Å². The molecule has 0 aliphatic heterocycles. The average Bonchev–Trinajstić information content (AvgIpc) is 2.95. The topological polar surface area (TPSA) is 43.4 Å². The van der Waals surface area contributed by atoms with Crippen LogP contribution in [0.1, 0.15) is 220 Å². The molecule has 0 fully saturated rings. The summed E-state index contributed by atoms with van der Waals surface area (Å²) in [5, 5.41) is 0. The molecule has 0 atom stereocenters. The fourth-order valence-electron chi connectivity index (χ4n) is 5.69. The van der Waals surface area contributed by atoms with Crippen LogP contribution in [0, 0.1) is 0 Å². The molecule has 40 heavy (non-hydrogen) atoms. The molecule has 238 valence electrons. The van der Waals surface area contributed by atoms with Crippen LogP contribution in [-0.2, 0) is 14.3 Å². The van der Waals surface area contributed by atoms with E-state index >= 15 is 0 Å². The van der Waals surface area contributed by atoms with Crippen molar-refractivity contribution in [3.05, 3.63) is 0 Å². The highest BCUT2D eigenvalue weighted by Gasteiger charge is 2.14. The van der Waals surface area contributed by atoms with E-state index in [1.807, 2.05) is 0 Å². The molecule has 0 rings (SSSR count). The van der Waals surface area contributed by atoms with Gasteiger partial charge >= 0.3 is 5.97 Å². The molecule has 0 aliphatic rings. The van der Waals surface area contributed by atoms with Gasteiger partial charge in [-0.1, -0.05) is 156 Å². The van der Waals surface area contributed by atoms with E-state index < -0.39 is 0 Å². The molecule has 0 radical (unpaired) electrons. The number of ether oxygens (including phenoxy) is 1. The van der Waals surface area contributed by atoms with Crippen molar-refractivity contribution in [2.45, 2.75) is 226 Å². The second kappa shape index (κ2) is 32.7. The Morgan fingerprint density at radius 1 is 0.400 bits per heavy atom. The number of carbonyl (C=O) groups is 2. The van der Waals surface area contributed by atoms with Gasteiger partial charge in [0.2, 0.25) is 0 Å². The molecule has 0 saturated carbocycles. The maximum Gasteiger partial charge on any atom is 0.306 e. The van der Waals surface area contributed by atoms with Crippen LogP contribution in [0.2, 0.25) is 0 Å². The Bertz CT molecular complexity index is 510. The first-order valence-corrected chi connectivity index (χ1v) is 18.3. The highest BCUT2D eigenvalue weighted by molar-refractivity contribution is 5.78. The van der Waals surface area contributed by atoms with Crippen molar-refractivity contribution in [2.75, 3.05) is 0 Å². The van der Waals surface area contributed by atoms with Crippen LogP contribution < -0.4 is 0 Å². The molecule has 0 saturated heterocycles. The number of rotatable bonds is 33. The smallest absolute Gasteiger partial charge is 0.306 e. The van der Waals surface area contributed by atoms with Gasteiger partial charge in [-0.25, -0.2) is 0 Å². The maximum absolute atomic E-state index is 12.6. The first kappa shape index (κ1) is 39.1. The first-order valence-electron chi connectivity index (χ1n) is 18.3. The van der Waals surface area contributed by atoms with Gasteiger partial charge < -0.3 is 4.74 Å². The SMILES string of the molecule is CCCCCCCCCCC(CCCCCCCCCC)OC(=O)CCCCCC(=O)CCCCCCCCC. The third-order valence-electron chi connectivity index (χ3n) is 8.45. The highest BCUT2D eigenvalue weighted by Crippen LogP contribution is 2.19. The summed E-state index contributed by atoms with van der Waals surface area (Å²) in [5.74, 6) is 0.394. The summed E-state index contributed by atoms with van der Waals surface area (Å²) in [6.45, 7) is 6.79. The molecule has 3 heteroatoms. The number of ketones is 1. The highest BCUT2D eigenvalue weighted by atomic mass is 16.5. The Morgan fingerprint density at radius 2 is 0.700 bits per heavy atom. The summed E-state index contributed by atoms with van der Waals surface area (Å²) in [7, 11) is 0. The molecule has 0 aromatic carbocycles. The molecule has 0 amide bonds. The molecule has 0 aromatic heterocycles. The molecule has 0 bridgehead atoms. The van der Waals surface area contributed by atoms with E-state index in [2.05, 4.69) is 20.8 Å². The predicted octanol–water partition coefficient (Wildman–Crippen LogP) is 12.6. The zero-order valence-electron chi connectivity index (χ0n) is 27.7. The van der Waals surface area contributed by atoms with Gasteiger partial charge in [0.05, 0.1) is 0 Å². The lowest BCUT2D eigenvalue weighted by Crippen LogP contribution is -2.18. The van der Waals surface area contributed by atoms with Crippen molar-refractivity contribution in [1.82, 2.24) is 0 Å². The number of esters is 1. The zero-order valence-corrected chi connectivity index (χ0v) is 27.7. The summed E-state index contributed by atoms with van der Waals surface area (Å²) < 4.78 is 5.99. The van der Waals surface area contributed by atoms with Crippen LogP contribution in [0.15, 0.2) is 0 Å². The van der Waals surface area contributed by atoms with Gasteiger partial charge in [0.25, 0.3) is 0 Å². The second-order valence-corrected chi connectivity index (χ2v) is 12.6. The monoisotopic (exact) mass is 565 g/mol. The van der Waals surface area contributed by atoms with Crippen molar-refractivity contribution in [1.29, 1.82) is 0 Å². The van der Waals surface area contributed by atoms with E-state index in [-0.39, 0.29) is 12.1 Å². The molecule has 0 heterocycles. The maximum atomic E-state index is 12.6. The molecular weight excluding hydrogens is 492 g/mol. The zero-order chi connectivity index (χ0) is 29.4. The van der Waals surface area contributed by atoms with Crippen LogP contribution in [0.3, 0.4) is 0 Å². The van der Waals surface area contributed by atoms with E-state index in [0.29, 0.717) is 18.6 Å². The normalized spacial score (nSPS) is 11.4. The van der Waals surface area contributed by atoms with Crippen LogP contribution >= 0.6 is 0 Å². The van der Waals surface area contributed by atoms with E-state index in [0.717, 1.165) is 44.9 Å².